The number of nitrogens with zero attached hydrogens (tertiary/aromatic N) is 1. The van der Waals surface area contributed by atoms with Crippen LogP contribution in [-0.4, -0.2) is 4.98 Å². The van der Waals surface area contributed by atoms with Crippen molar-refractivity contribution in [1.29, 1.82) is 0 Å². The lowest BCUT2D eigenvalue weighted by molar-refractivity contribution is -0.689. The Morgan fingerprint density at radius 1 is 1.20 bits per heavy atom. The van der Waals surface area contributed by atoms with E-state index in [0.29, 0.717) is 0 Å². The van der Waals surface area contributed by atoms with E-state index in [2.05, 4.69) is 46.9 Å². The first-order valence-corrected chi connectivity index (χ1v) is 5.51. The highest BCUT2D eigenvalue weighted by Crippen LogP contribution is 2.18. The standard InChI is InChI=1S/C13H14N2/c1-10-4-6-11(7-5-10)12-9-15-8-2-3-13(15)14-12/h4-7,9H,2-3,8H2,1H3/p+1. The molecule has 1 aliphatic rings. The molecular formula is C13H15N2+. The minimum atomic E-state index is 1.16. The van der Waals surface area contributed by atoms with Gasteiger partial charge in [0.25, 0.3) is 5.82 Å². The number of aromatic nitrogens is 2. The van der Waals surface area contributed by atoms with Crippen LogP contribution in [0.15, 0.2) is 30.5 Å². The summed E-state index contributed by atoms with van der Waals surface area (Å²) in [6.07, 6.45) is 4.69. The maximum absolute atomic E-state index is 3.49. The van der Waals surface area contributed by atoms with E-state index in [1.54, 1.807) is 0 Å². The second kappa shape index (κ2) is 3.23. The van der Waals surface area contributed by atoms with Crippen molar-refractivity contribution < 1.29 is 4.57 Å². The third-order valence-electron chi connectivity index (χ3n) is 3.09. The highest BCUT2D eigenvalue weighted by Gasteiger charge is 2.21. The van der Waals surface area contributed by atoms with Gasteiger partial charge in [0.2, 0.25) is 0 Å². The first kappa shape index (κ1) is 8.72. The van der Waals surface area contributed by atoms with Crippen molar-refractivity contribution in [1.82, 2.24) is 4.98 Å². The Hall–Kier alpha value is -1.57. The predicted octanol–water partition coefficient (Wildman–Crippen LogP) is 2.22. The van der Waals surface area contributed by atoms with E-state index in [1.165, 1.54) is 35.5 Å². The van der Waals surface area contributed by atoms with Gasteiger partial charge in [-0.3, -0.25) is 0 Å². The summed E-state index contributed by atoms with van der Waals surface area (Å²) in [5.74, 6) is 1.37. The van der Waals surface area contributed by atoms with E-state index < -0.39 is 0 Å². The van der Waals surface area contributed by atoms with Gasteiger partial charge in [-0.2, -0.15) is 0 Å². The van der Waals surface area contributed by atoms with Crippen LogP contribution in [0.5, 0.6) is 0 Å². The van der Waals surface area contributed by atoms with Crippen LogP contribution in [0, 0.1) is 6.92 Å². The van der Waals surface area contributed by atoms with E-state index in [0.717, 1.165) is 6.54 Å². The lowest BCUT2D eigenvalue weighted by Gasteiger charge is -1.94. The lowest BCUT2D eigenvalue weighted by Crippen LogP contribution is -2.29. The average molecular weight is 199 g/mol. The van der Waals surface area contributed by atoms with E-state index in [4.69, 9.17) is 0 Å². The molecule has 0 bridgehead atoms. The fourth-order valence-corrected chi connectivity index (χ4v) is 2.20. The summed E-state index contributed by atoms with van der Waals surface area (Å²) in [5.41, 5.74) is 3.83. The first-order chi connectivity index (χ1) is 7.33. The third kappa shape index (κ3) is 1.46. The summed E-state index contributed by atoms with van der Waals surface area (Å²) >= 11 is 0. The van der Waals surface area contributed by atoms with Gasteiger partial charge in [0, 0.05) is 5.56 Å². The molecule has 1 N–H and O–H groups in total. The molecular weight excluding hydrogens is 184 g/mol. The number of H-pyrrole nitrogens is 1. The molecule has 1 aromatic carbocycles. The normalized spacial score (nSPS) is 14.2. The van der Waals surface area contributed by atoms with Gasteiger partial charge < -0.3 is 0 Å². The number of rotatable bonds is 1. The van der Waals surface area contributed by atoms with Gasteiger partial charge in [0.15, 0.2) is 5.69 Å². The van der Waals surface area contributed by atoms with Crippen LogP contribution in [0.3, 0.4) is 0 Å². The molecule has 0 saturated heterocycles. The van der Waals surface area contributed by atoms with Gasteiger partial charge in [-0.15, -0.1) is 0 Å². The quantitative estimate of drug-likeness (QED) is 0.679. The smallest absolute Gasteiger partial charge is 0.241 e. The van der Waals surface area contributed by atoms with Gasteiger partial charge >= 0.3 is 0 Å². The zero-order valence-electron chi connectivity index (χ0n) is 8.96. The van der Waals surface area contributed by atoms with Crippen molar-refractivity contribution >= 4 is 0 Å². The van der Waals surface area contributed by atoms with Crippen molar-refractivity contribution in [2.24, 2.45) is 0 Å². The molecule has 2 aromatic rings. The van der Waals surface area contributed by atoms with Gasteiger partial charge in [-0.25, -0.2) is 9.55 Å². The summed E-state index contributed by atoms with van der Waals surface area (Å²) in [5, 5.41) is 0. The van der Waals surface area contributed by atoms with E-state index >= 15 is 0 Å². The van der Waals surface area contributed by atoms with E-state index in [-0.39, 0.29) is 0 Å². The lowest BCUT2D eigenvalue weighted by atomic mass is 10.1. The molecule has 3 rings (SSSR count). The highest BCUT2D eigenvalue weighted by molar-refractivity contribution is 5.57. The third-order valence-corrected chi connectivity index (χ3v) is 3.09. The number of aromatic amines is 1. The molecule has 0 atom stereocenters. The van der Waals surface area contributed by atoms with Crippen LogP contribution >= 0.6 is 0 Å². The van der Waals surface area contributed by atoms with Gasteiger partial charge in [-0.1, -0.05) is 29.8 Å². The molecule has 1 aliphatic heterocycles. The predicted molar refractivity (Wildman–Crippen MR) is 59.5 cm³/mol. The molecule has 2 heteroatoms. The zero-order chi connectivity index (χ0) is 10.3. The number of benzene rings is 1. The first-order valence-electron chi connectivity index (χ1n) is 5.51. The Balaban J connectivity index is 2.02. The molecule has 0 unspecified atom stereocenters. The molecule has 0 aliphatic carbocycles. The van der Waals surface area contributed by atoms with Crippen LogP contribution in [0.25, 0.3) is 11.3 Å². The maximum Gasteiger partial charge on any atom is 0.254 e. The molecule has 1 aromatic heterocycles. The SMILES string of the molecule is Cc1ccc(-c2c[n+]3c([nH]2)CCC3)cc1. The summed E-state index contributed by atoms with van der Waals surface area (Å²) in [4.78, 5) is 3.49. The fourth-order valence-electron chi connectivity index (χ4n) is 2.20. The van der Waals surface area contributed by atoms with Crippen LogP contribution in [0.1, 0.15) is 17.8 Å². The fraction of sp³-hybridized carbons (Fsp3) is 0.308. The van der Waals surface area contributed by atoms with Crippen molar-refractivity contribution in [3.05, 3.63) is 41.9 Å². The Morgan fingerprint density at radius 2 is 2.00 bits per heavy atom. The molecule has 2 nitrogen and oxygen atoms in total. The Bertz CT molecular complexity index is 458. The molecule has 0 amide bonds. The number of imidazole rings is 1. The minimum Gasteiger partial charge on any atom is -0.241 e. The summed E-state index contributed by atoms with van der Waals surface area (Å²) < 4.78 is 2.33. The van der Waals surface area contributed by atoms with Crippen molar-refractivity contribution in [3.63, 3.8) is 0 Å². The zero-order valence-corrected chi connectivity index (χ0v) is 8.96. The summed E-state index contributed by atoms with van der Waals surface area (Å²) in [7, 11) is 0. The molecule has 76 valence electrons. The molecule has 2 heterocycles. The highest BCUT2D eigenvalue weighted by atomic mass is 15.1. The number of hydrogen-bond acceptors (Lipinski definition) is 0. The van der Waals surface area contributed by atoms with Crippen molar-refractivity contribution in [2.45, 2.75) is 26.3 Å². The number of aryl methyl sites for hydroxylation is 3. The second-order valence-corrected chi connectivity index (χ2v) is 4.28. The van der Waals surface area contributed by atoms with Crippen molar-refractivity contribution in [2.75, 3.05) is 0 Å². The van der Waals surface area contributed by atoms with Crippen LogP contribution in [0.2, 0.25) is 0 Å². The van der Waals surface area contributed by atoms with E-state index in [1.807, 2.05) is 0 Å². The summed E-state index contributed by atoms with van der Waals surface area (Å²) in [6, 6.07) is 8.67. The molecule has 0 fully saturated rings. The van der Waals surface area contributed by atoms with Crippen LogP contribution in [0.4, 0.5) is 0 Å². The Morgan fingerprint density at radius 3 is 2.73 bits per heavy atom. The largest absolute Gasteiger partial charge is 0.254 e. The number of hydrogen-bond donors (Lipinski definition) is 1. The van der Waals surface area contributed by atoms with Gasteiger partial charge in [0.05, 0.1) is 13.0 Å². The van der Waals surface area contributed by atoms with Gasteiger partial charge in [0.1, 0.15) is 6.20 Å². The summed E-state index contributed by atoms with van der Waals surface area (Å²) in [6.45, 7) is 3.28. The van der Waals surface area contributed by atoms with Crippen molar-refractivity contribution in [3.8, 4) is 11.3 Å². The average Bonchev–Trinajstić information content (AvgIpc) is 2.78. The maximum atomic E-state index is 3.49. The monoisotopic (exact) mass is 199 g/mol. The topological polar surface area (TPSA) is 19.7 Å². The molecule has 0 radical (unpaired) electrons. The molecule has 0 saturated carbocycles. The molecule has 0 spiro atoms. The Labute approximate surface area is 89.6 Å². The molecule has 15 heavy (non-hydrogen) atoms. The second-order valence-electron chi connectivity index (χ2n) is 4.28. The van der Waals surface area contributed by atoms with Crippen LogP contribution in [-0.2, 0) is 13.0 Å². The van der Waals surface area contributed by atoms with Gasteiger partial charge in [-0.05, 0) is 13.3 Å². The number of fused-ring (bicyclic) bond motifs is 1. The minimum absolute atomic E-state index is 1.16. The Kier molecular flexibility index (Phi) is 1.88. The van der Waals surface area contributed by atoms with E-state index in [9.17, 15) is 0 Å². The number of nitrogens with one attached hydrogen (secondary N) is 1. The van der Waals surface area contributed by atoms with Crippen LogP contribution < -0.4 is 4.57 Å².